The quantitative estimate of drug-likeness (QED) is 0.724. The summed E-state index contributed by atoms with van der Waals surface area (Å²) in [6.07, 6.45) is 1.84. The molecule has 1 heterocycles. The molecule has 2 aromatic carbocycles. The van der Waals surface area contributed by atoms with Gasteiger partial charge in [-0.25, -0.2) is 4.68 Å². The molecule has 0 radical (unpaired) electrons. The summed E-state index contributed by atoms with van der Waals surface area (Å²) >= 11 is 1.51. The van der Waals surface area contributed by atoms with E-state index in [1.807, 2.05) is 67.7 Å². The van der Waals surface area contributed by atoms with Crippen LogP contribution in [0.5, 0.6) is 0 Å². The molecule has 1 aromatic heterocycles. The molecule has 0 bridgehead atoms. The molecule has 1 N–H and O–H groups in total. The molecule has 116 valence electrons. The molecular weight excluding hydrogens is 306 g/mol. The van der Waals surface area contributed by atoms with Crippen molar-refractivity contribution in [2.24, 2.45) is 0 Å². The van der Waals surface area contributed by atoms with Crippen LogP contribution < -0.4 is 5.32 Å². The highest BCUT2D eigenvalue weighted by molar-refractivity contribution is 8.00. The Balaban J connectivity index is 1.59. The minimum Gasteiger partial charge on any atom is -0.308 e. The van der Waals surface area contributed by atoms with Crippen LogP contribution in [-0.4, -0.2) is 21.4 Å². The van der Waals surface area contributed by atoms with E-state index in [0.29, 0.717) is 11.6 Å². The molecule has 0 aliphatic carbocycles. The largest absolute Gasteiger partial charge is 0.308 e. The molecule has 0 atom stereocenters. The summed E-state index contributed by atoms with van der Waals surface area (Å²) < 4.78 is 1.76. The average Bonchev–Trinajstić information content (AvgIpc) is 3.02. The standard InChI is InChI=1S/C18H17N3OS/c1-14-6-5-7-15(12-14)21-11-10-17(20-21)19-18(22)13-23-16-8-3-2-4-9-16/h2-12H,13H2,1H3,(H,19,20,22). The van der Waals surface area contributed by atoms with E-state index >= 15 is 0 Å². The molecule has 0 spiro atoms. The summed E-state index contributed by atoms with van der Waals surface area (Å²) in [6.45, 7) is 2.04. The molecule has 0 saturated heterocycles. The van der Waals surface area contributed by atoms with Crippen molar-refractivity contribution in [3.05, 3.63) is 72.4 Å². The fourth-order valence-electron chi connectivity index (χ4n) is 2.15. The number of hydrogen-bond acceptors (Lipinski definition) is 3. The van der Waals surface area contributed by atoms with Gasteiger partial charge in [0.05, 0.1) is 11.4 Å². The summed E-state index contributed by atoms with van der Waals surface area (Å²) in [4.78, 5) is 13.1. The van der Waals surface area contributed by atoms with Gasteiger partial charge in [0.1, 0.15) is 0 Å². The monoisotopic (exact) mass is 323 g/mol. The first-order valence-electron chi connectivity index (χ1n) is 7.31. The Morgan fingerprint density at radius 3 is 2.74 bits per heavy atom. The van der Waals surface area contributed by atoms with Gasteiger partial charge >= 0.3 is 0 Å². The molecular formula is C18H17N3OS. The fraction of sp³-hybridized carbons (Fsp3) is 0.111. The zero-order valence-corrected chi connectivity index (χ0v) is 13.6. The van der Waals surface area contributed by atoms with Crippen LogP contribution in [0.4, 0.5) is 5.82 Å². The molecule has 0 aliphatic heterocycles. The number of nitrogens with zero attached hydrogens (tertiary/aromatic N) is 2. The number of aromatic nitrogens is 2. The van der Waals surface area contributed by atoms with Crippen LogP contribution in [0.15, 0.2) is 71.8 Å². The number of anilines is 1. The van der Waals surface area contributed by atoms with Crippen LogP contribution in [0, 0.1) is 6.92 Å². The van der Waals surface area contributed by atoms with Crippen LogP contribution in [0.25, 0.3) is 5.69 Å². The minimum atomic E-state index is -0.0617. The van der Waals surface area contributed by atoms with Crippen molar-refractivity contribution in [3.63, 3.8) is 0 Å². The minimum absolute atomic E-state index is 0.0617. The van der Waals surface area contributed by atoms with Crippen molar-refractivity contribution in [1.82, 2.24) is 9.78 Å². The SMILES string of the molecule is Cc1cccc(-n2ccc(NC(=O)CSc3ccccc3)n2)c1. The third kappa shape index (κ3) is 4.23. The number of amides is 1. The highest BCUT2D eigenvalue weighted by Gasteiger charge is 2.07. The van der Waals surface area contributed by atoms with Crippen LogP contribution in [0.3, 0.4) is 0 Å². The molecule has 3 aromatic rings. The van der Waals surface area contributed by atoms with Gasteiger partial charge in [-0.15, -0.1) is 11.8 Å². The molecule has 3 rings (SSSR count). The zero-order chi connectivity index (χ0) is 16.1. The summed E-state index contributed by atoms with van der Waals surface area (Å²) in [5.41, 5.74) is 2.15. The first kappa shape index (κ1) is 15.4. The van der Waals surface area contributed by atoms with Gasteiger partial charge in [-0.1, -0.05) is 30.3 Å². The van der Waals surface area contributed by atoms with Crippen molar-refractivity contribution in [3.8, 4) is 5.69 Å². The maximum absolute atomic E-state index is 12.0. The smallest absolute Gasteiger partial charge is 0.235 e. The third-order valence-electron chi connectivity index (χ3n) is 3.24. The summed E-state index contributed by atoms with van der Waals surface area (Å²) in [5.74, 6) is 0.861. The number of carbonyl (C=O) groups is 1. The molecule has 1 amide bonds. The Hall–Kier alpha value is -2.53. The molecule has 23 heavy (non-hydrogen) atoms. The van der Waals surface area contributed by atoms with E-state index in [-0.39, 0.29) is 5.91 Å². The molecule has 0 aliphatic rings. The lowest BCUT2D eigenvalue weighted by atomic mass is 10.2. The van der Waals surface area contributed by atoms with Gasteiger partial charge in [0.15, 0.2) is 5.82 Å². The first-order chi connectivity index (χ1) is 11.2. The lowest BCUT2D eigenvalue weighted by Gasteiger charge is -2.03. The lowest BCUT2D eigenvalue weighted by Crippen LogP contribution is -2.14. The van der Waals surface area contributed by atoms with E-state index < -0.39 is 0 Å². The van der Waals surface area contributed by atoms with E-state index in [2.05, 4.69) is 10.4 Å². The number of thioether (sulfide) groups is 1. The van der Waals surface area contributed by atoms with Gasteiger partial charge in [-0.2, -0.15) is 5.10 Å². The van der Waals surface area contributed by atoms with Crippen molar-refractivity contribution in [1.29, 1.82) is 0 Å². The Morgan fingerprint density at radius 2 is 1.96 bits per heavy atom. The molecule has 0 unspecified atom stereocenters. The molecule has 0 fully saturated rings. The van der Waals surface area contributed by atoms with E-state index in [4.69, 9.17) is 0 Å². The van der Waals surface area contributed by atoms with Crippen molar-refractivity contribution < 1.29 is 4.79 Å². The van der Waals surface area contributed by atoms with Gasteiger partial charge < -0.3 is 5.32 Å². The predicted octanol–water partition coefficient (Wildman–Crippen LogP) is 3.91. The second-order valence-electron chi connectivity index (χ2n) is 5.13. The van der Waals surface area contributed by atoms with E-state index in [1.54, 1.807) is 10.7 Å². The Kier molecular flexibility index (Phi) is 4.78. The number of benzene rings is 2. The van der Waals surface area contributed by atoms with Crippen molar-refractivity contribution in [2.45, 2.75) is 11.8 Å². The maximum Gasteiger partial charge on any atom is 0.235 e. The van der Waals surface area contributed by atoms with Gasteiger partial charge in [0.2, 0.25) is 5.91 Å². The topological polar surface area (TPSA) is 46.9 Å². The third-order valence-corrected chi connectivity index (χ3v) is 4.25. The second-order valence-corrected chi connectivity index (χ2v) is 6.18. The number of carbonyl (C=O) groups excluding carboxylic acids is 1. The average molecular weight is 323 g/mol. The maximum atomic E-state index is 12.0. The number of rotatable bonds is 5. The van der Waals surface area contributed by atoms with E-state index in [9.17, 15) is 4.79 Å². The Labute approximate surface area is 139 Å². The summed E-state index contributed by atoms with van der Waals surface area (Å²) in [5, 5.41) is 7.22. The molecule has 4 nitrogen and oxygen atoms in total. The second kappa shape index (κ2) is 7.15. The zero-order valence-electron chi connectivity index (χ0n) is 12.8. The van der Waals surface area contributed by atoms with Crippen LogP contribution in [-0.2, 0) is 4.79 Å². The van der Waals surface area contributed by atoms with Gasteiger partial charge in [0, 0.05) is 17.2 Å². The predicted molar refractivity (Wildman–Crippen MR) is 94.1 cm³/mol. The van der Waals surface area contributed by atoms with Gasteiger partial charge in [0.25, 0.3) is 0 Å². The Bertz CT molecular complexity index is 799. The summed E-state index contributed by atoms with van der Waals surface area (Å²) in [6, 6.07) is 19.7. The van der Waals surface area contributed by atoms with E-state index in [0.717, 1.165) is 10.6 Å². The summed E-state index contributed by atoms with van der Waals surface area (Å²) in [7, 11) is 0. The number of hydrogen-bond donors (Lipinski definition) is 1. The highest BCUT2D eigenvalue weighted by Crippen LogP contribution is 2.17. The van der Waals surface area contributed by atoms with Gasteiger partial charge in [-0.3, -0.25) is 4.79 Å². The number of nitrogens with one attached hydrogen (secondary N) is 1. The normalized spacial score (nSPS) is 10.5. The van der Waals surface area contributed by atoms with Crippen molar-refractivity contribution in [2.75, 3.05) is 11.1 Å². The first-order valence-corrected chi connectivity index (χ1v) is 8.30. The number of aryl methyl sites for hydroxylation is 1. The highest BCUT2D eigenvalue weighted by atomic mass is 32.2. The van der Waals surface area contributed by atoms with Gasteiger partial charge in [-0.05, 0) is 36.8 Å². The van der Waals surface area contributed by atoms with E-state index in [1.165, 1.54) is 17.3 Å². The van der Waals surface area contributed by atoms with Crippen LogP contribution >= 0.6 is 11.8 Å². The van der Waals surface area contributed by atoms with Crippen molar-refractivity contribution >= 4 is 23.5 Å². The van der Waals surface area contributed by atoms with Crippen LogP contribution in [0.1, 0.15) is 5.56 Å². The van der Waals surface area contributed by atoms with Crippen LogP contribution in [0.2, 0.25) is 0 Å². The Morgan fingerprint density at radius 1 is 1.13 bits per heavy atom. The molecule has 0 saturated carbocycles. The fourth-order valence-corrected chi connectivity index (χ4v) is 2.87. The molecule has 5 heteroatoms. The lowest BCUT2D eigenvalue weighted by molar-refractivity contribution is -0.113.